The van der Waals surface area contributed by atoms with E-state index in [1.54, 1.807) is 13.0 Å². The third-order valence-electron chi connectivity index (χ3n) is 2.42. The summed E-state index contributed by atoms with van der Waals surface area (Å²) in [6, 6.07) is 8.99. The van der Waals surface area contributed by atoms with Crippen molar-refractivity contribution in [3.05, 3.63) is 51.5 Å². The van der Waals surface area contributed by atoms with Crippen molar-refractivity contribution < 1.29 is 4.39 Å². The molecule has 2 rings (SSSR count). The van der Waals surface area contributed by atoms with Crippen LogP contribution in [0.1, 0.15) is 16.0 Å². The van der Waals surface area contributed by atoms with Crippen molar-refractivity contribution >= 4 is 17.0 Å². The highest BCUT2D eigenvalue weighted by molar-refractivity contribution is 7.10. The Kier molecular flexibility index (Phi) is 3.40. The standard InChI is InChI=1S/C13H11FN2S/c1-9-2-3-11(5-13(9)14)16-7-12-4-10(6-15)8-17-12/h2-5,8,16H,7H2,1H3. The maximum atomic E-state index is 13.3. The average Bonchev–Trinajstić information content (AvgIpc) is 2.79. The first-order chi connectivity index (χ1) is 8.19. The second kappa shape index (κ2) is 4.98. The van der Waals surface area contributed by atoms with Crippen LogP contribution in [0.5, 0.6) is 0 Å². The van der Waals surface area contributed by atoms with Gasteiger partial charge >= 0.3 is 0 Å². The number of hydrogen-bond donors (Lipinski definition) is 1. The van der Waals surface area contributed by atoms with E-state index in [1.165, 1.54) is 17.4 Å². The van der Waals surface area contributed by atoms with E-state index in [9.17, 15) is 4.39 Å². The van der Waals surface area contributed by atoms with Crippen LogP contribution < -0.4 is 5.32 Å². The van der Waals surface area contributed by atoms with Gasteiger partial charge in [-0.05, 0) is 30.7 Å². The summed E-state index contributed by atoms with van der Waals surface area (Å²) in [5.41, 5.74) is 2.06. The number of nitrogens with zero attached hydrogens (tertiary/aromatic N) is 1. The fraction of sp³-hybridized carbons (Fsp3) is 0.154. The zero-order valence-corrected chi connectivity index (χ0v) is 10.1. The fourth-order valence-corrected chi connectivity index (χ4v) is 2.17. The van der Waals surface area contributed by atoms with Crippen molar-refractivity contribution in [2.24, 2.45) is 0 Å². The molecular weight excluding hydrogens is 235 g/mol. The van der Waals surface area contributed by atoms with Gasteiger partial charge in [0.25, 0.3) is 0 Å². The molecule has 0 spiro atoms. The normalized spacial score (nSPS) is 9.94. The summed E-state index contributed by atoms with van der Waals surface area (Å²) < 4.78 is 13.3. The van der Waals surface area contributed by atoms with Crippen LogP contribution in [-0.4, -0.2) is 0 Å². The number of anilines is 1. The number of thiophene rings is 1. The average molecular weight is 246 g/mol. The van der Waals surface area contributed by atoms with Crippen molar-refractivity contribution in [2.75, 3.05) is 5.32 Å². The van der Waals surface area contributed by atoms with Gasteiger partial charge in [0.1, 0.15) is 11.9 Å². The quantitative estimate of drug-likeness (QED) is 0.896. The molecular formula is C13H11FN2S. The van der Waals surface area contributed by atoms with Gasteiger partial charge in [0.15, 0.2) is 0 Å². The second-order valence-electron chi connectivity index (χ2n) is 3.73. The Hall–Kier alpha value is -1.86. The second-order valence-corrected chi connectivity index (χ2v) is 4.73. The van der Waals surface area contributed by atoms with Crippen LogP contribution in [0.3, 0.4) is 0 Å². The largest absolute Gasteiger partial charge is 0.380 e. The predicted octanol–water partition coefficient (Wildman–Crippen LogP) is 3.68. The van der Waals surface area contributed by atoms with Crippen LogP contribution in [0.15, 0.2) is 29.6 Å². The van der Waals surface area contributed by atoms with E-state index in [4.69, 9.17) is 5.26 Å². The molecule has 0 aliphatic carbocycles. The Labute approximate surface area is 103 Å². The van der Waals surface area contributed by atoms with E-state index >= 15 is 0 Å². The number of rotatable bonds is 3. The number of nitriles is 1. The van der Waals surface area contributed by atoms with Gasteiger partial charge < -0.3 is 5.32 Å². The van der Waals surface area contributed by atoms with Crippen molar-refractivity contribution in [3.63, 3.8) is 0 Å². The van der Waals surface area contributed by atoms with Gasteiger partial charge in [0, 0.05) is 22.5 Å². The lowest BCUT2D eigenvalue weighted by Crippen LogP contribution is -1.98. The number of aryl methyl sites for hydroxylation is 1. The van der Waals surface area contributed by atoms with E-state index in [2.05, 4.69) is 11.4 Å². The number of nitrogens with one attached hydrogen (secondary N) is 1. The molecule has 2 aromatic rings. The third-order valence-corrected chi connectivity index (χ3v) is 3.36. The molecule has 1 heterocycles. The zero-order chi connectivity index (χ0) is 12.3. The molecule has 0 amide bonds. The molecule has 4 heteroatoms. The maximum absolute atomic E-state index is 13.3. The maximum Gasteiger partial charge on any atom is 0.128 e. The van der Waals surface area contributed by atoms with Gasteiger partial charge in [0.2, 0.25) is 0 Å². The van der Waals surface area contributed by atoms with Gasteiger partial charge in [-0.2, -0.15) is 5.26 Å². The SMILES string of the molecule is Cc1ccc(NCc2cc(C#N)cs2)cc1F. The lowest BCUT2D eigenvalue weighted by atomic mass is 10.2. The first-order valence-corrected chi connectivity index (χ1v) is 6.04. The highest BCUT2D eigenvalue weighted by Crippen LogP contribution is 2.18. The minimum atomic E-state index is -0.209. The summed E-state index contributed by atoms with van der Waals surface area (Å²) >= 11 is 1.52. The van der Waals surface area contributed by atoms with Gasteiger partial charge in [-0.15, -0.1) is 11.3 Å². The summed E-state index contributed by atoms with van der Waals surface area (Å²) in [7, 11) is 0. The third kappa shape index (κ3) is 2.83. The topological polar surface area (TPSA) is 35.8 Å². The molecule has 0 unspecified atom stereocenters. The Morgan fingerprint density at radius 3 is 2.88 bits per heavy atom. The van der Waals surface area contributed by atoms with E-state index in [1.807, 2.05) is 17.5 Å². The number of benzene rings is 1. The van der Waals surface area contributed by atoms with Crippen LogP contribution in [0, 0.1) is 24.1 Å². The lowest BCUT2D eigenvalue weighted by Gasteiger charge is -2.05. The molecule has 0 fully saturated rings. The van der Waals surface area contributed by atoms with Crippen LogP contribution in [0.4, 0.5) is 10.1 Å². The van der Waals surface area contributed by atoms with E-state index in [0.29, 0.717) is 17.7 Å². The molecule has 86 valence electrons. The van der Waals surface area contributed by atoms with Crippen LogP contribution in [0.2, 0.25) is 0 Å². The van der Waals surface area contributed by atoms with Crippen molar-refractivity contribution in [3.8, 4) is 6.07 Å². The smallest absolute Gasteiger partial charge is 0.128 e. The molecule has 17 heavy (non-hydrogen) atoms. The van der Waals surface area contributed by atoms with E-state index in [-0.39, 0.29) is 5.82 Å². The molecule has 2 nitrogen and oxygen atoms in total. The Bertz CT molecular complexity index is 569. The van der Waals surface area contributed by atoms with Crippen molar-refractivity contribution in [1.82, 2.24) is 0 Å². The molecule has 0 aliphatic rings. The zero-order valence-electron chi connectivity index (χ0n) is 9.33. The monoisotopic (exact) mass is 246 g/mol. The lowest BCUT2D eigenvalue weighted by molar-refractivity contribution is 0.619. The van der Waals surface area contributed by atoms with Gasteiger partial charge in [0.05, 0.1) is 5.56 Å². The Balaban J connectivity index is 2.02. The molecule has 0 bridgehead atoms. The molecule has 1 aromatic heterocycles. The molecule has 1 N–H and O–H groups in total. The fourth-order valence-electron chi connectivity index (χ4n) is 1.42. The molecule has 0 saturated heterocycles. The number of hydrogen-bond acceptors (Lipinski definition) is 3. The molecule has 1 aromatic carbocycles. The van der Waals surface area contributed by atoms with Gasteiger partial charge in [-0.1, -0.05) is 6.07 Å². The van der Waals surface area contributed by atoms with Crippen LogP contribution >= 0.6 is 11.3 Å². The summed E-state index contributed by atoms with van der Waals surface area (Å²) in [5.74, 6) is -0.209. The molecule has 0 saturated carbocycles. The predicted molar refractivity (Wildman–Crippen MR) is 67.5 cm³/mol. The minimum absolute atomic E-state index is 0.209. The first kappa shape index (κ1) is 11.6. The van der Waals surface area contributed by atoms with E-state index < -0.39 is 0 Å². The Morgan fingerprint density at radius 1 is 1.41 bits per heavy atom. The first-order valence-electron chi connectivity index (χ1n) is 5.16. The molecule has 0 radical (unpaired) electrons. The minimum Gasteiger partial charge on any atom is -0.380 e. The summed E-state index contributed by atoms with van der Waals surface area (Å²) in [4.78, 5) is 1.06. The van der Waals surface area contributed by atoms with Crippen molar-refractivity contribution in [1.29, 1.82) is 5.26 Å². The number of halogens is 1. The summed E-state index contributed by atoms with van der Waals surface area (Å²) in [6.45, 7) is 2.34. The highest BCUT2D eigenvalue weighted by atomic mass is 32.1. The Morgan fingerprint density at radius 2 is 2.24 bits per heavy atom. The van der Waals surface area contributed by atoms with Crippen molar-refractivity contribution in [2.45, 2.75) is 13.5 Å². The highest BCUT2D eigenvalue weighted by Gasteiger charge is 2.01. The molecule has 0 atom stereocenters. The molecule has 0 aliphatic heterocycles. The summed E-state index contributed by atoms with van der Waals surface area (Å²) in [6.07, 6.45) is 0. The van der Waals surface area contributed by atoms with E-state index in [0.717, 1.165) is 10.6 Å². The van der Waals surface area contributed by atoms with Crippen LogP contribution in [-0.2, 0) is 6.54 Å². The summed E-state index contributed by atoms with van der Waals surface area (Å²) in [5, 5.41) is 13.6. The van der Waals surface area contributed by atoms with Gasteiger partial charge in [-0.3, -0.25) is 0 Å². The van der Waals surface area contributed by atoms with Crippen LogP contribution in [0.25, 0.3) is 0 Å². The van der Waals surface area contributed by atoms with Gasteiger partial charge in [-0.25, -0.2) is 4.39 Å².